The van der Waals surface area contributed by atoms with Gasteiger partial charge < -0.3 is 5.11 Å². The Hall–Kier alpha value is -3.81. The van der Waals surface area contributed by atoms with Crippen LogP contribution in [0.1, 0.15) is 61.4 Å². The van der Waals surface area contributed by atoms with Crippen LogP contribution in [0.25, 0.3) is 17.0 Å². The molecule has 1 saturated carbocycles. The minimum absolute atomic E-state index is 0.0933. The second-order valence-corrected chi connectivity index (χ2v) is 9.66. The number of benzene rings is 1. The highest BCUT2D eigenvalue weighted by Gasteiger charge is 2.49. The molecule has 186 valence electrons. The zero-order valence-corrected chi connectivity index (χ0v) is 20.8. The number of rotatable bonds is 5. The van der Waals surface area contributed by atoms with Crippen LogP contribution < -0.4 is 9.67 Å². The lowest BCUT2D eigenvalue weighted by atomic mass is 9.94. The van der Waals surface area contributed by atoms with Crippen LogP contribution in [0.4, 0.5) is 4.39 Å². The van der Waals surface area contributed by atoms with Crippen LogP contribution in [0.5, 0.6) is 5.88 Å². The van der Waals surface area contributed by atoms with Crippen molar-refractivity contribution in [2.24, 2.45) is 0 Å². The highest BCUT2D eigenvalue weighted by atomic mass is 19.1. The summed E-state index contributed by atoms with van der Waals surface area (Å²) in [6, 6.07) is 7.25. The molecular formula is C28H29FN4O3. The smallest absolute Gasteiger partial charge is 0.327 e. The summed E-state index contributed by atoms with van der Waals surface area (Å²) in [5, 5.41) is 18.2. The number of imide groups is 1. The molecule has 2 amide bonds. The van der Waals surface area contributed by atoms with E-state index in [0.717, 1.165) is 43.2 Å². The van der Waals surface area contributed by atoms with Gasteiger partial charge in [0.15, 0.2) is 12.4 Å². The first-order chi connectivity index (χ1) is 17.3. The molecule has 8 heteroatoms. The third-order valence-corrected chi connectivity index (χ3v) is 7.00. The fourth-order valence-corrected chi connectivity index (χ4v) is 5.41. The fraction of sp³-hybridized carbons (Fsp3) is 0.357. The lowest BCUT2D eigenvalue weighted by Crippen LogP contribution is -2.45. The first kappa shape index (κ1) is 23.9. The summed E-state index contributed by atoms with van der Waals surface area (Å²) in [6.07, 6.45) is 8.51. The van der Waals surface area contributed by atoms with E-state index in [2.05, 4.69) is 5.10 Å². The van der Waals surface area contributed by atoms with Crippen molar-refractivity contribution in [2.45, 2.75) is 65.3 Å². The second kappa shape index (κ2) is 9.33. The lowest BCUT2D eigenvalue weighted by Gasteiger charge is -2.29. The summed E-state index contributed by atoms with van der Waals surface area (Å²) in [7, 11) is 0. The van der Waals surface area contributed by atoms with Crippen molar-refractivity contribution >= 4 is 23.1 Å². The molecule has 0 atom stereocenters. The van der Waals surface area contributed by atoms with E-state index in [0.29, 0.717) is 17.8 Å². The van der Waals surface area contributed by atoms with E-state index < -0.39 is 17.6 Å². The largest absolute Gasteiger partial charge is 0.858 e. The van der Waals surface area contributed by atoms with Gasteiger partial charge in [-0.05, 0) is 69.3 Å². The minimum atomic E-state index is -0.498. The van der Waals surface area contributed by atoms with Crippen LogP contribution in [0.15, 0.2) is 42.7 Å². The number of amides is 2. The Morgan fingerprint density at radius 1 is 1.03 bits per heavy atom. The normalized spacial score (nSPS) is 16.9. The maximum Gasteiger partial charge on any atom is 0.327 e. The van der Waals surface area contributed by atoms with Gasteiger partial charge in [-0.25, -0.2) is 9.07 Å². The van der Waals surface area contributed by atoms with Crippen LogP contribution in [0, 0.1) is 19.7 Å². The Balaban J connectivity index is 1.74. The van der Waals surface area contributed by atoms with E-state index in [9.17, 15) is 19.1 Å². The molecule has 36 heavy (non-hydrogen) atoms. The quantitative estimate of drug-likeness (QED) is 0.406. The third-order valence-electron chi connectivity index (χ3n) is 7.00. The van der Waals surface area contributed by atoms with Crippen LogP contribution in [-0.4, -0.2) is 32.5 Å². The van der Waals surface area contributed by atoms with Gasteiger partial charge in [0.2, 0.25) is 0 Å². The highest BCUT2D eigenvalue weighted by molar-refractivity contribution is 6.45. The molecule has 0 unspecified atom stereocenters. The van der Waals surface area contributed by atoms with Gasteiger partial charge in [0, 0.05) is 22.7 Å². The van der Waals surface area contributed by atoms with Gasteiger partial charge in [-0.15, -0.1) is 0 Å². The number of aryl methyl sites for hydroxylation is 3. The molecule has 0 N–H and O–H groups in total. The summed E-state index contributed by atoms with van der Waals surface area (Å²) < 4.78 is 16.4. The van der Waals surface area contributed by atoms with Gasteiger partial charge in [-0.3, -0.25) is 14.5 Å². The zero-order valence-electron chi connectivity index (χ0n) is 20.8. The molecule has 3 heterocycles. The van der Waals surface area contributed by atoms with Crippen molar-refractivity contribution in [2.75, 3.05) is 0 Å². The molecule has 0 radical (unpaired) electrons. The number of aromatic nitrogens is 3. The minimum Gasteiger partial charge on any atom is -0.858 e. The maximum atomic E-state index is 14.0. The van der Waals surface area contributed by atoms with Crippen LogP contribution >= 0.6 is 0 Å². The number of carbonyl (C=O) groups excluding carboxylic acids is 2. The first-order valence-corrected chi connectivity index (χ1v) is 12.5. The van der Waals surface area contributed by atoms with Gasteiger partial charge >= 0.3 is 5.91 Å². The Kier molecular flexibility index (Phi) is 6.20. The number of hydrogen-bond acceptors (Lipinski definition) is 4. The SMILES string of the molecule is CCc1nn(-c2ccc(F)cc2)c([O-])c1C1=C([n+]2cc(C)cc(C)c2)C(=O)N(C2CCCCC2)C1=O. The molecule has 1 aromatic carbocycles. The Bertz CT molecular complexity index is 1360. The van der Waals surface area contributed by atoms with Gasteiger partial charge in [0.1, 0.15) is 11.4 Å². The summed E-state index contributed by atoms with van der Waals surface area (Å²) in [5.74, 6) is -1.75. The van der Waals surface area contributed by atoms with E-state index in [-0.39, 0.29) is 28.8 Å². The average molecular weight is 489 g/mol. The monoisotopic (exact) mass is 488 g/mol. The molecule has 0 saturated heterocycles. The van der Waals surface area contributed by atoms with Crippen molar-refractivity contribution in [1.29, 1.82) is 0 Å². The molecule has 2 aromatic heterocycles. The highest BCUT2D eigenvalue weighted by Crippen LogP contribution is 2.39. The number of hydrogen-bond donors (Lipinski definition) is 0. The maximum absolute atomic E-state index is 14.0. The van der Waals surface area contributed by atoms with Gasteiger partial charge in [-0.1, -0.05) is 26.2 Å². The number of halogens is 1. The van der Waals surface area contributed by atoms with Crippen LogP contribution in [0.3, 0.4) is 0 Å². The van der Waals surface area contributed by atoms with Crippen molar-refractivity contribution in [3.63, 3.8) is 0 Å². The Morgan fingerprint density at radius 3 is 2.28 bits per heavy atom. The Labute approximate surface area is 209 Å². The van der Waals surface area contributed by atoms with Crippen molar-refractivity contribution in [3.8, 4) is 11.6 Å². The van der Waals surface area contributed by atoms with Gasteiger partial charge in [0.05, 0.1) is 11.4 Å². The van der Waals surface area contributed by atoms with E-state index in [1.165, 1.54) is 33.8 Å². The molecule has 0 bridgehead atoms. The van der Waals surface area contributed by atoms with E-state index in [1.54, 1.807) is 17.0 Å². The topological polar surface area (TPSA) is 82.1 Å². The van der Waals surface area contributed by atoms with Crippen molar-refractivity contribution in [1.82, 2.24) is 14.7 Å². The second-order valence-electron chi connectivity index (χ2n) is 9.66. The molecular weight excluding hydrogens is 459 g/mol. The summed E-state index contributed by atoms with van der Waals surface area (Å²) in [5.41, 5.74) is 3.09. The molecule has 1 fully saturated rings. The first-order valence-electron chi connectivity index (χ1n) is 12.5. The summed E-state index contributed by atoms with van der Waals surface area (Å²) in [4.78, 5) is 29.3. The van der Waals surface area contributed by atoms with Crippen molar-refractivity contribution < 1.29 is 23.7 Å². The van der Waals surface area contributed by atoms with E-state index in [4.69, 9.17) is 0 Å². The van der Waals surface area contributed by atoms with E-state index >= 15 is 0 Å². The molecule has 2 aliphatic rings. The van der Waals surface area contributed by atoms with Crippen LogP contribution in [0.2, 0.25) is 0 Å². The number of pyridine rings is 1. The molecule has 1 aliphatic carbocycles. The average Bonchev–Trinajstić information content (AvgIpc) is 3.31. The Morgan fingerprint density at radius 2 is 1.67 bits per heavy atom. The number of nitrogens with zero attached hydrogens (tertiary/aromatic N) is 4. The van der Waals surface area contributed by atoms with Crippen LogP contribution in [-0.2, 0) is 16.0 Å². The predicted molar refractivity (Wildman–Crippen MR) is 130 cm³/mol. The van der Waals surface area contributed by atoms with E-state index in [1.807, 2.05) is 26.8 Å². The molecule has 1 aliphatic heterocycles. The molecule has 5 rings (SSSR count). The van der Waals surface area contributed by atoms with Gasteiger partial charge in [-0.2, -0.15) is 9.67 Å². The van der Waals surface area contributed by atoms with Gasteiger partial charge in [0.25, 0.3) is 11.6 Å². The molecule has 3 aromatic rings. The number of carbonyl (C=O) groups is 2. The lowest BCUT2D eigenvalue weighted by molar-refractivity contribution is -0.577. The third kappa shape index (κ3) is 4.00. The van der Waals surface area contributed by atoms with Crippen molar-refractivity contribution in [3.05, 3.63) is 70.9 Å². The summed E-state index contributed by atoms with van der Waals surface area (Å²) in [6.45, 7) is 5.70. The zero-order chi connectivity index (χ0) is 25.6. The standard InChI is InChI=1S/C28H29FN4O3/c1-4-22-23(27(35)33(30-22)21-12-10-19(29)11-13-21)24-25(31-15-17(2)14-18(3)16-31)28(36)32(26(24)34)20-8-6-5-7-9-20/h10-16,20H,4-9H2,1-3H3. The molecule has 0 spiro atoms. The predicted octanol–water partition coefficient (Wildman–Crippen LogP) is 3.62. The fourth-order valence-electron chi connectivity index (χ4n) is 5.41. The molecule has 7 nitrogen and oxygen atoms in total. The summed E-state index contributed by atoms with van der Waals surface area (Å²) >= 11 is 0.